The average molecular weight is 345 g/mol. The molecule has 140 valence electrons. The van der Waals surface area contributed by atoms with E-state index in [0.29, 0.717) is 0 Å². The molecule has 0 N–H and O–H groups in total. The van der Waals surface area contributed by atoms with Crippen molar-refractivity contribution in [3.05, 3.63) is 61.3 Å². The average Bonchev–Trinajstić information content (AvgIpc) is 2.62. The van der Waals surface area contributed by atoms with Crippen LogP contribution in [0, 0.1) is 0 Å². The van der Waals surface area contributed by atoms with Gasteiger partial charge in [0.1, 0.15) is 6.61 Å². The number of esters is 1. The zero-order valence-corrected chi connectivity index (χ0v) is 16.0. The molecule has 2 nitrogen and oxygen atoms in total. The van der Waals surface area contributed by atoms with Gasteiger partial charge in [0.05, 0.1) is 0 Å². The fraction of sp³-hybridized carbons (Fsp3) is 0.522. The van der Waals surface area contributed by atoms with Gasteiger partial charge in [0.2, 0.25) is 0 Å². The molecule has 0 saturated heterocycles. The van der Waals surface area contributed by atoms with Gasteiger partial charge in [-0.15, -0.1) is 0 Å². The Kier molecular flexibility index (Phi) is 18.7. The van der Waals surface area contributed by atoms with Gasteiger partial charge in [-0.1, -0.05) is 113 Å². The summed E-state index contributed by atoms with van der Waals surface area (Å²) in [6, 6.07) is 0. The van der Waals surface area contributed by atoms with E-state index in [0.717, 1.165) is 6.42 Å². The van der Waals surface area contributed by atoms with Crippen LogP contribution in [0.25, 0.3) is 0 Å². The topological polar surface area (TPSA) is 26.3 Å². The van der Waals surface area contributed by atoms with Gasteiger partial charge in [-0.25, -0.2) is 4.79 Å². The van der Waals surface area contributed by atoms with Gasteiger partial charge in [0.25, 0.3) is 0 Å². The van der Waals surface area contributed by atoms with Crippen LogP contribution >= 0.6 is 0 Å². The van der Waals surface area contributed by atoms with Gasteiger partial charge in [0.15, 0.2) is 0 Å². The quantitative estimate of drug-likeness (QED) is 0.100. The number of hydrogen-bond acceptors (Lipinski definition) is 2. The van der Waals surface area contributed by atoms with Crippen molar-refractivity contribution in [3.63, 3.8) is 0 Å². The lowest BCUT2D eigenvalue weighted by atomic mass is 10.1. The monoisotopic (exact) mass is 344 g/mol. The Bertz CT molecular complexity index is 427. The summed E-state index contributed by atoms with van der Waals surface area (Å²) in [6.45, 7) is 5.99. The van der Waals surface area contributed by atoms with Crippen LogP contribution in [0.4, 0.5) is 0 Å². The first-order valence-electron chi connectivity index (χ1n) is 9.75. The van der Waals surface area contributed by atoms with Gasteiger partial charge in [-0.05, 0) is 12.8 Å². The Morgan fingerprint density at radius 3 is 2.00 bits per heavy atom. The molecule has 0 saturated carbocycles. The molecular weight excluding hydrogens is 308 g/mol. The summed E-state index contributed by atoms with van der Waals surface area (Å²) < 4.78 is 4.81. The molecule has 0 atom stereocenters. The number of unbranched alkanes of at least 4 members (excludes halogenated alkanes) is 9. The fourth-order valence-electron chi connectivity index (χ4n) is 2.33. The minimum absolute atomic E-state index is 0.247. The minimum atomic E-state index is -0.352. The van der Waals surface area contributed by atoms with E-state index in [2.05, 4.69) is 25.7 Å². The Balaban J connectivity index is 3.48. The van der Waals surface area contributed by atoms with Crippen LogP contribution in [0.3, 0.4) is 0 Å². The largest absolute Gasteiger partial charge is 0.458 e. The molecule has 0 aromatic rings. The molecule has 0 rings (SSSR count). The number of rotatable bonds is 16. The molecule has 0 bridgehead atoms. The highest BCUT2D eigenvalue weighted by Crippen LogP contribution is 2.10. The van der Waals surface area contributed by atoms with Crippen LogP contribution in [-0.2, 0) is 9.53 Å². The first kappa shape index (κ1) is 23.2. The smallest absolute Gasteiger partial charge is 0.331 e. The van der Waals surface area contributed by atoms with E-state index in [9.17, 15) is 4.79 Å². The highest BCUT2D eigenvalue weighted by Gasteiger charge is 1.91. The molecule has 0 radical (unpaired) electrons. The second kappa shape index (κ2) is 20.2. The van der Waals surface area contributed by atoms with Crippen LogP contribution in [0.5, 0.6) is 0 Å². The number of allylic oxidation sites excluding steroid dienone is 7. The van der Waals surface area contributed by atoms with Crippen LogP contribution < -0.4 is 0 Å². The third-order valence-electron chi connectivity index (χ3n) is 3.74. The first-order chi connectivity index (χ1) is 12.3. The SMILES string of the molecule is C=CCOC(=O)C=CC=CC=CC=CCCCCCCCCCCC. The summed E-state index contributed by atoms with van der Waals surface area (Å²) in [7, 11) is 0. The van der Waals surface area contributed by atoms with E-state index in [4.69, 9.17) is 4.74 Å². The van der Waals surface area contributed by atoms with Crippen LogP contribution in [0.15, 0.2) is 61.3 Å². The van der Waals surface area contributed by atoms with Crippen molar-refractivity contribution < 1.29 is 9.53 Å². The molecule has 0 fully saturated rings. The van der Waals surface area contributed by atoms with Crippen molar-refractivity contribution in [1.82, 2.24) is 0 Å². The number of carbonyl (C=O) groups is 1. The summed E-state index contributed by atoms with van der Waals surface area (Å²) in [5.41, 5.74) is 0. The molecule has 0 aromatic carbocycles. The number of hydrogen-bond donors (Lipinski definition) is 0. The van der Waals surface area contributed by atoms with Crippen LogP contribution in [0.2, 0.25) is 0 Å². The molecule has 0 aliphatic heterocycles. The highest BCUT2D eigenvalue weighted by molar-refractivity contribution is 5.82. The van der Waals surface area contributed by atoms with Gasteiger partial charge < -0.3 is 4.74 Å². The van der Waals surface area contributed by atoms with Gasteiger partial charge in [-0.2, -0.15) is 0 Å². The van der Waals surface area contributed by atoms with Gasteiger partial charge >= 0.3 is 5.97 Å². The predicted molar refractivity (Wildman–Crippen MR) is 110 cm³/mol. The molecule has 25 heavy (non-hydrogen) atoms. The van der Waals surface area contributed by atoms with Crippen molar-refractivity contribution in [3.8, 4) is 0 Å². The molecule has 0 aliphatic rings. The Labute approximate surface area is 155 Å². The third kappa shape index (κ3) is 20.1. The van der Waals surface area contributed by atoms with Crippen molar-refractivity contribution in [2.75, 3.05) is 6.61 Å². The Morgan fingerprint density at radius 2 is 1.36 bits per heavy atom. The standard InChI is InChI=1S/C23H36O2/c1-3-5-6-7-8-9-10-11-12-13-14-15-16-17-18-19-20-21-23(24)25-22-4-2/h4,14-21H,2-3,5-13,22H2,1H3. The van der Waals surface area contributed by atoms with E-state index >= 15 is 0 Å². The summed E-state index contributed by atoms with van der Waals surface area (Å²) in [5.74, 6) is -0.352. The molecule has 0 aromatic heterocycles. The summed E-state index contributed by atoms with van der Waals surface area (Å²) in [5, 5.41) is 0. The van der Waals surface area contributed by atoms with Gasteiger partial charge in [-0.3, -0.25) is 0 Å². The maximum atomic E-state index is 11.1. The molecular formula is C23H36O2. The Morgan fingerprint density at radius 1 is 0.800 bits per heavy atom. The maximum absolute atomic E-state index is 11.1. The number of carbonyl (C=O) groups excluding carboxylic acids is 1. The maximum Gasteiger partial charge on any atom is 0.331 e. The molecule has 0 heterocycles. The predicted octanol–water partition coefficient (Wildman–Crippen LogP) is 6.86. The molecule has 0 aliphatic carbocycles. The fourth-order valence-corrected chi connectivity index (χ4v) is 2.33. The molecule has 0 amide bonds. The van der Waals surface area contributed by atoms with Crippen LogP contribution in [0.1, 0.15) is 71.1 Å². The van der Waals surface area contributed by atoms with Crippen molar-refractivity contribution in [1.29, 1.82) is 0 Å². The Hall–Kier alpha value is -1.83. The van der Waals surface area contributed by atoms with E-state index in [1.54, 1.807) is 18.2 Å². The number of ether oxygens (including phenoxy) is 1. The minimum Gasteiger partial charge on any atom is -0.458 e. The normalized spacial score (nSPS) is 12.0. The van der Waals surface area contributed by atoms with E-state index in [1.165, 1.54) is 63.9 Å². The lowest BCUT2D eigenvalue weighted by molar-refractivity contribution is -0.136. The zero-order valence-electron chi connectivity index (χ0n) is 16.0. The van der Waals surface area contributed by atoms with E-state index < -0.39 is 0 Å². The lowest BCUT2D eigenvalue weighted by Gasteiger charge is -2.00. The molecule has 2 heteroatoms. The highest BCUT2D eigenvalue weighted by atomic mass is 16.5. The van der Waals surface area contributed by atoms with E-state index in [-0.39, 0.29) is 12.6 Å². The second-order valence-corrected chi connectivity index (χ2v) is 6.09. The second-order valence-electron chi connectivity index (χ2n) is 6.09. The van der Waals surface area contributed by atoms with Crippen molar-refractivity contribution >= 4 is 5.97 Å². The first-order valence-corrected chi connectivity index (χ1v) is 9.75. The van der Waals surface area contributed by atoms with Crippen LogP contribution in [-0.4, -0.2) is 12.6 Å². The third-order valence-corrected chi connectivity index (χ3v) is 3.74. The van der Waals surface area contributed by atoms with Gasteiger partial charge in [0, 0.05) is 6.08 Å². The lowest BCUT2D eigenvalue weighted by Crippen LogP contribution is -1.99. The summed E-state index contributed by atoms with van der Waals surface area (Å²) in [6.07, 6.45) is 30.1. The van der Waals surface area contributed by atoms with Crippen molar-refractivity contribution in [2.45, 2.75) is 71.1 Å². The molecule has 0 unspecified atom stereocenters. The summed E-state index contributed by atoms with van der Waals surface area (Å²) >= 11 is 0. The zero-order chi connectivity index (χ0) is 18.4. The van der Waals surface area contributed by atoms with E-state index in [1.807, 2.05) is 18.2 Å². The van der Waals surface area contributed by atoms with Crippen molar-refractivity contribution in [2.24, 2.45) is 0 Å². The summed E-state index contributed by atoms with van der Waals surface area (Å²) in [4.78, 5) is 11.1. The molecule has 0 spiro atoms.